The van der Waals surface area contributed by atoms with Crippen LogP contribution < -0.4 is 5.32 Å². The first kappa shape index (κ1) is 16.6. The molecule has 0 unspecified atom stereocenters. The monoisotopic (exact) mass is 313 g/mol. The van der Waals surface area contributed by atoms with E-state index in [9.17, 15) is 4.79 Å². The molecule has 0 aliphatic carbocycles. The Kier molecular flexibility index (Phi) is 6.53. The highest BCUT2D eigenvalue weighted by Crippen LogP contribution is 2.19. The van der Waals surface area contributed by atoms with Crippen LogP contribution in [0.2, 0.25) is 0 Å². The van der Waals surface area contributed by atoms with Crippen molar-refractivity contribution < 1.29 is 4.79 Å². The molecule has 0 spiro atoms. The van der Waals surface area contributed by atoms with Gasteiger partial charge in [-0.2, -0.15) is 0 Å². The van der Waals surface area contributed by atoms with Crippen molar-refractivity contribution in [2.24, 2.45) is 0 Å². The van der Waals surface area contributed by atoms with Gasteiger partial charge in [-0.1, -0.05) is 42.8 Å². The summed E-state index contributed by atoms with van der Waals surface area (Å²) in [7, 11) is 0. The van der Waals surface area contributed by atoms with Crippen LogP contribution in [0.3, 0.4) is 0 Å². The summed E-state index contributed by atoms with van der Waals surface area (Å²) < 4.78 is 0. The quantitative estimate of drug-likeness (QED) is 0.752. The van der Waals surface area contributed by atoms with E-state index in [1.807, 2.05) is 49.0 Å². The number of aryl methyl sites for hydroxylation is 1. The van der Waals surface area contributed by atoms with Gasteiger partial charge in [-0.3, -0.25) is 4.79 Å². The molecular weight excluding hydrogens is 290 g/mol. The van der Waals surface area contributed by atoms with Crippen LogP contribution in [-0.4, -0.2) is 17.7 Å². The van der Waals surface area contributed by atoms with E-state index < -0.39 is 0 Å². The zero-order chi connectivity index (χ0) is 15.8. The second kappa shape index (κ2) is 8.64. The first-order chi connectivity index (χ1) is 10.7. The van der Waals surface area contributed by atoms with Crippen LogP contribution in [0.5, 0.6) is 0 Å². The minimum atomic E-state index is 0.0246. The Bertz CT molecular complexity index is 580. The molecule has 0 saturated carbocycles. The van der Waals surface area contributed by atoms with Crippen molar-refractivity contribution in [3.63, 3.8) is 0 Å². The molecule has 116 valence electrons. The number of hydrogen-bond donors (Lipinski definition) is 1. The minimum Gasteiger partial charge on any atom is -0.349 e. The van der Waals surface area contributed by atoms with Crippen molar-refractivity contribution in [3.05, 3.63) is 65.7 Å². The molecule has 0 saturated heterocycles. The lowest BCUT2D eigenvalue weighted by Gasteiger charge is -2.17. The third-order valence-electron chi connectivity index (χ3n) is 3.62. The fourth-order valence-electron chi connectivity index (χ4n) is 2.19. The number of carbonyl (C=O) groups excluding carboxylic acids is 1. The first-order valence-electron chi connectivity index (χ1n) is 7.74. The number of carbonyl (C=O) groups is 1. The van der Waals surface area contributed by atoms with Gasteiger partial charge in [0, 0.05) is 16.5 Å². The zero-order valence-corrected chi connectivity index (χ0v) is 14.0. The molecule has 0 fully saturated rings. The number of benzene rings is 2. The van der Waals surface area contributed by atoms with Gasteiger partial charge in [-0.15, -0.1) is 11.8 Å². The normalized spacial score (nSPS) is 11.9. The van der Waals surface area contributed by atoms with Crippen LogP contribution in [0.4, 0.5) is 0 Å². The second-order valence-corrected chi connectivity index (χ2v) is 6.56. The van der Waals surface area contributed by atoms with Gasteiger partial charge < -0.3 is 5.32 Å². The highest BCUT2D eigenvalue weighted by molar-refractivity contribution is 7.99. The number of thioether (sulfide) groups is 1. The molecule has 2 aromatic rings. The number of hydrogen-bond acceptors (Lipinski definition) is 2. The van der Waals surface area contributed by atoms with Crippen LogP contribution in [0.25, 0.3) is 0 Å². The molecule has 2 rings (SSSR count). The Morgan fingerprint density at radius 3 is 2.41 bits per heavy atom. The van der Waals surface area contributed by atoms with Crippen LogP contribution in [0.1, 0.15) is 35.7 Å². The van der Waals surface area contributed by atoms with E-state index in [0.717, 1.165) is 24.2 Å². The van der Waals surface area contributed by atoms with Crippen molar-refractivity contribution in [1.29, 1.82) is 0 Å². The van der Waals surface area contributed by atoms with Crippen molar-refractivity contribution in [1.82, 2.24) is 5.32 Å². The summed E-state index contributed by atoms with van der Waals surface area (Å²) in [6, 6.07) is 18.3. The summed E-state index contributed by atoms with van der Waals surface area (Å²) in [6.45, 7) is 4.14. The van der Waals surface area contributed by atoms with E-state index >= 15 is 0 Å². The molecule has 0 bridgehead atoms. The Hall–Kier alpha value is -1.74. The average molecular weight is 313 g/mol. The summed E-state index contributed by atoms with van der Waals surface area (Å²) in [5.41, 5.74) is 1.91. The molecule has 0 radical (unpaired) electrons. The summed E-state index contributed by atoms with van der Waals surface area (Å²) in [5.74, 6) is 1.04. The maximum absolute atomic E-state index is 12.2. The topological polar surface area (TPSA) is 29.1 Å². The van der Waals surface area contributed by atoms with Gasteiger partial charge >= 0.3 is 0 Å². The Balaban J connectivity index is 1.81. The minimum absolute atomic E-state index is 0.0246. The molecule has 1 N–H and O–H groups in total. The highest BCUT2D eigenvalue weighted by Gasteiger charge is 2.12. The summed E-state index contributed by atoms with van der Waals surface area (Å²) >= 11 is 1.84. The summed E-state index contributed by atoms with van der Waals surface area (Å²) in [5, 5.41) is 3.14. The number of amides is 1. The fraction of sp³-hybridized carbons (Fsp3) is 0.316. The van der Waals surface area contributed by atoms with Gasteiger partial charge in [0.1, 0.15) is 0 Å². The standard InChI is InChI=1S/C19H23NOS/c1-3-17(13-14-22-18-7-5-4-6-8-18)20-19(21)16-11-9-15(2)10-12-16/h4-12,17H,3,13-14H2,1-2H3,(H,20,21)/t17-/m0/s1. The molecule has 2 aromatic carbocycles. The van der Waals surface area contributed by atoms with Crippen LogP contribution in [0, 0.1) is 6.92 Å². The predicted molar refractivity (Wildman–Crippen MR) is 94.5 cm³/mol. The van der Waals surface area contributed by atoms with E-state index in [0.29, 0.717) is 0 Å². The van der Waals surface area contributed by atoms with E-state index in [1.165, 1.54) is 10.5 Å². The van der Waals surface area contributed by atoms with Crippen molar-refractivity contribution >= 4 is 17.7 Å². The van der Waals surface area contributed by atoms with Gasteiger partial charge in [0.25, 0.3) is 5.91 Å². The van der Waals surface area contributed by atoms with Crippen molar-refractivity contribution in [3.8, 4) is 0 Å². The summed E-state index contributed by atoms with van der Waals surface area (Å²) in [6.07, 6.45) is 1.93. The maximum Gasteiger partial charge on any atom is 0.251 e. The van der Waals surface area contributed by atoms with Gasteiger partial charge in [0.15, 0.2) is 0 Å². The zero-order valence-electron chi connectivity index (χ0n) is 13.2. The average Bonchev–Trinajstić information content (AvgIpc) is 2.55. The van der Waals surface area contributed by atoms with E-state index in [1.54, 1.807) is 0 Å². The maximum atomic E-state index is 12.2. The largest absolute Gasteiger partial charge is 0.349 e. The summed E-state index contributed by atoms with van der Waals surface area (Å²) in [4.78, 5) is 13.5. The number of nitrogens with one attached hydrogen (secondary N) is 1. The smallest absolute Gasteiger partial charge is 0.251 e. The lowest BCUT2D eigenvalue weighted by Crippen LogP contribution is -2.34. The lowest BCUT2D eigenvalue weighted by atomic mass is 10.1. The molecule has 1 atom stereocenters. The van der Waals surface area contributed by atoms with Crippen LogP contribution in [-0.2, 0) is 0 Å². The van der Waals surface area contributed by atoms with Gasteiger partial charge in [-0.05, 0) is 49.8 Å². The Morgan fingerprint density at radius 2 is 1.77 bits per heavy atom. The lowest BCUT2D eigenvalue weighted by molar-refractivity contribution is 0.0935. The molecule has 2 nitrogen and oxygen atoms in total. The Labute approximate surface area is 137 Å². The molecule has 1 amide bonds. The fourth-order valence-corrected chi connectivity index (χ4v) is 3.18. The predicted octanol–water partition coefficient (Wildman–Crippen LogP) is 4.69. The molecule has 3 heteroatoms. The second-order valence-electron chi connectivity index (χ2n) is 5.39. The van der Waals surface area contributed by atoms with E-state index in [4.69, 9.17) is 0 Å². The van der Waals surface area contributed by atoms with Crippen LogP contribution in [0.15, 0.2) is 59.5 Å². The molecule has 0 aromatic heterocycles. The number of rotatable bonds is 7. The van der Waals surface area contributed by atoms with Gasteiger partial charge in [-0.25, -0.2) is 0 Å². The molecular formula is C19H23NOS. The molecule has 0 heterocycles. The van der Waals surface area contributed by atoms with Crippen molar-refractivity contribution in [2.45, 2.75) is 37.6 Å². The SMILES string of the molecule is CC[C@@H](CCSc1ccccc1)NC(=O)c1ccc(C)cc1. The van der Waals surface area contributed by atoms with Crippen molar-refractivity contribution in [2.75, 3.05) is 5.75 Å². The van der Waals surface area contributed by atoms with E-state index in [2.05, 4.69) is 36.5 Å². The van der Waals surface area contributed by atoms with Gasteiger partial charge in [0.05, 0.1) is 0 Å². The molecule has 0 aliphatic rings. The third kappa shape index (κ3) is 5.23. The van der Waals surface area contributed by atoms with Crippen LogP contribution >= 0.6 is 11.8 Å². The third-order valence-corrected chi connectivity index (χ3v) is 4.67. The highest BCUT2D eigenvalue weighted by atomic mass is 32.2. The first-order valence-corrected chi connectivity index (χ1v) is 8.73. The van der Waals surface area contributed by atoms with Gasteiger partial charge in [0.2, 0.25) is 0 Å². The van der Waals surface area contributed by atoms with E-state index in [-0.39, 0.29) is 11.9 Å². The molecule has 0 aliphatic heterocycles. The molecule has 22 heavy (non-hydrogen) atoms. The Morgan fingerprint density at radius 1 is 1.09 bits per heavy atom.